The highest BCUT2D eigenvalue weighted by molar-refractivity contribution is 6.03. The van der Waals surface area contributed by atoms with Gasteiger partial charge in [0.15, 0.2) is 17.3 Å². The Morgan fingerprint density at radius 2 is 1.97 bits per heavy atom. The molecule has 2 aromatic rings. The summed E-state index contributed by atoms with van der Waals surface area (Å²) >= 11 is 0. The number of hydrogen-bond acceptors (Lipinski definition) is 5. The second-order valence-corrected chi connectivity index (χ2v) is 7.69. The van der Waals surface area contributed by atoms with E-state index in [-0.39, 0.29) is 17.7 Å². The van der Waals surface area contributed by atoms with Crippen molar-refractivity contribution in [1.82, 2.24) is 4.98 Å². The second kappa shape index (κ2) is 9.83. The third kappa shape index (κ3) is 4.53. The fourth-order valence-corrected chi connectivity index (χ4v) is 4.08. The summed E-state index contributed by atoms with van der Waals surface area (Å²) in [7, 11) is 1.61. The number of benzene rings is 1. The second-order valence-electron chi connectivity index (χ2n) is 7.69. The van der Waals surface area contributed by atoms with Gasteiger partial charge in [0.1, 0.15) is 5.69 Å². The summed E-state index contributed by atoms with van der Waals surface area (Å²) in [6, 6.07) is 5.80. The molecule has 0 bridgehead atoms. The zero-order valence-corrected chi connectivity index (χ0v) is 18.3. The van der Waals surface area contributed by atoms with Crippen molar-refractivity contribution in [2.75, 3.05) is 20.3 Å². The normalized spacial score (nSPS) is 15.6. The molecule has 1 N–H and O–H groups in total. The minimum absolute atomic E-state index is 0.0149. The van der Waals surface area contributed by atoms with Crippen LogP contribution in [0.1, 0.15) is 83.1 Å². The Balaban J connectivity index is 1.80. The lowest BCUT2D eigenvalue weighted by molar-refractivity contribution is 0.0491. The predicted octanol–water partition coefficient (Wildman–Crippen LogP) is 4.99. The predicted molar refractivity (Wildman–Crippen MR) is 115 cm³/mol. The average Bonchev–Trinajstić information content (AvgIpc) is 3.08. The summed E-state index contributed by atoms with van der Waals surface area (Å²) in [4.78, 5) is 28.6. The molecule has 0 saturated heterocycles. The maximum Gasteiger partial charge on any atom is 0.355 e. The van der Waals surface area contributed by atoms with Crippen molar-refractivity contribution in [2.45, 2.75) is 58.8 Å². The molecule has 0 amide bonds. The summed E-state index contributed by atoms with van der Waals surface area (Å²) in [6.45, 7) is 6.80. The minimum atomic E-state index is -0.384. The van der Waals surface area contributed by atoms with Gasteiger partial charge in [-0.15, -0.1) is 0 Å². The van der Waals surface area contributed by atoms with Crippen molar-refractivity contribution < 1.29 is 23.8 Å². The van der Waals surface area contributed by atoms with Gasteiger partial charge in [0.2, 0.25) is 0 Å². The number of H-pyrrole nitrogens is 1. The maximum absolute atomic E-state index is 12.9. The van der Waals surface area contributed by atoms with Crippen LogP contribution < -0.4 is 9.47 Å². The lowest BCUT2D eigenvalue weighted by Gasteiger charge is -2.23. The standard InChI is InChI=1S/C24H31NO5/c1-5-7-8-11-30-24(27)23-15(3)22-18(25-23)12-17(13-19(22)26)16-9-10-20(29-6-2)21(14-16)28-4/h9-10,14,17,25H,5-8,11-13H2,1-4H3/t17-/m1/s1. The van der Waals surface area contributed by atoms with Crippen LogP contribution in [0.4, 0.5) is 0 Å². The summed E-state index contributed by atoms with van der Waals surface area (Å²) in [5.41, 5.74) is 3.56. The minimum Gasteiger partial charge on any atom is -0.493 e. The van der Waals surface area contributed by atoms with E-state index < -0.39 is 0 Å². The molecule has 0 spiro atoms. The lowest BCUT2D eigenvalue weighted by Crippen LogP contribution is -2.18. The SMILES string of the molecule is CCCCCOC(=O)c1[nH]c2c(c1C)C(=O)C[C@H](c1ccc(OCC)c(OC)c1)C2. The number of methoxy groups -OCH3 is 1. The van der Waals surface area contributed by atoms with Crippen LogP contribution in [0.5, 0.6) is 11.5 Å². The number of fused-ring (bicyclic) bond motifs is 1. The number of carbonyl (C=O) groups excluding carboxylic acids is 2. The molecule has 3 rings (SSSR count). The molecule has 6 nitrogen and oxygen atoms in total. The smallest absolute Gasteiger partial charge is 0.355 e. The van der Waals surface area contributed by atoms with Gasteiger partial charge >= 0.3 is 5.97 Å². The summed E-state index contributed by atoms with van der Waals surface area (Å²) in [5, 5.41) is 0. The van der Waals surface area contributed by atoms with E-state index in [9.17, 15) is 9.59 Å². The average molecular weight is 414 g/mol. The molecular formula is C24H31NO5. The van der Waals surface area contributed by atoms with Gasteiger partial charge in [-0.25, -0.2) is 4.79 Å². The zero-order valence-electron chi connectivity index (χ0n) is 18.3. The number of esters is 1. The molecule has 0 fully saturated rings. The number of ether oxygens (including phenoxy) is 3. The lowest BCUT2D eigenvalue weighted by atomic mass is 9.81. The Kier molecular flexibility index (Phi) is 7.19. The topological polar surface area (TPSA) is 77.6 Å². The Bertz CT molecular complexity index is 915. The van der Waals surface area contributed by atoms with Crippen LogP contribution in [0.25, 0.3) is 0 Å². The van der Waals surface area contributed by atoms with Gasteiger partial charge in [-0.05, 0) is 55.9 Å². The van der Waals surface area contributed by atoms with Crippen LogP contribution in [0.2, 0.25) is 0 Å². The number of aromatic nitrogens is 1. The highest BCUT2D eigenvalue weighted by Crippen LogP contribution is 2.38. The first-order valence-electron chi connectivity index (χ1n) is 10.7. The number of carbonyl (C=O) groups is 2. The fourth-order valence-electron chi connectivity index (χ4n) is 4.08. The number of hydrogen-bond donors (Lipinski definition) is 1. The molecule has 162 valence electrons. The molecule has 1 atom stereocenters. The Labute approximate surface area is 177 Å². The molecule has 6 heteroatoms. The molecule has 0 saturated carbocycles. The third-order valence-electron chi connectivity index (χ3n) is 5.63. The Morgan fingerprint density at radius 1 is 1.17 bits per heavy atom. The first-order valence-corrected chi connectivity index (χ1v) is 10.7. The van der Waals surface area contributed by atoms with Gasteiger partial charge in [-0.1, -0.05) is 25.8 Å². The first-order chi connectivity index (χ1) is 14.5. The molecule has 1 aliphatic rings. The largest absolute Gasteiger partial charge is 0.493 e. The van der Waals surface area contributed by atoms with Crippen LogP contribution >= 0.6 is 0 Å². The number of nitrogens with one attached hydrogen (secondary N) is 1. The molecular weight excluding hydrogens is 382 g/mol. The molecule has 0 radical (unpaired) electrons. The Hall–Kier alpha value is -2.76. The van der Waals surface area contributed by atoms with E-state index in [1.165, 1.54) is 0 Å². The third-order valence-corrected chi connectivity index (χ3v) is 5.63. The van der Waals surface area contributed by atoms with Gasteiger partial charge < -0.3 is 19.2 Å². The van der Waals surface area contributed by atoms with Crippen molar-refractivity contribution >= 4 is 11.8 Å². The number of aromatic amines is 1. The van der Waals surface area contributed by atoms with Crippen LogP contribution in [-0.2, 0) is 11.2 Å². The zero-order chi connectivity index (χ0) is 21.7. The summed E-state index contributed by atoms with van der Waals surface area (Å²) in [5.74, 6) is 1.03. The maximum atomic E-state index is 12.9. The van der Waals surface area contributed by atoms with Crippen LogP contribution in [0, 0.1) is 6.92 Å². The monoisotopic (exact) mass is 413 g/mol. The van der Waals surface area contributed by atoms with Crippen molar-refractivity contribution in [3.63, 3.8) is 0 Å². The van der Waals surface area contributed by atoms with Gasteiger partial charge in [0, 0.05) is 17.7 Å². The molecule has 1 aromatic carbocycles. The van der Waals surface area contributed by atoms with Crippen molar-refractivity contribution in [3.05, 3.63) is 46.3 Å². The summed E-state index contributed by atoms with van der Waals surface area (Å²) < 4.78 is 16.4. The summed E-state index contributed by atoms with van der Waals surface area (Å²) in [6.07, 6.45) is 4.00. The quantitative estimate of drug-likeness (QED) is 0.463. The first kappa shape index (κ1) is 21.9. The van der Waals surface area contributed by atoms with E-state index in [1.54, 1.807) is 7.11 Å². The van der Waals surface area contributed by atoms with Crippen molar-refractivity contribution in [1.29, 1.82) is 0 Å². The van der Waals surface area contributed by atoms with Crippen LogP contribution in [0.3, 0.4) is 0 Å². The number of rotatable bonds is 9. The van der Waals surface area contributed by atoms with Crippen LogP contribution in [-0.4, -0.2) is 37.1 Å². The van der Waals surface area contributed by atoms with E-state index in [1.807, 2.05) is 32.0 Å². The molecule has 0 unspecified atom stereocenters. The number of Topliss-reactive ketones (excluding diaryl/α,β-unsaturated/α-hetero) is 1. The van der Waals surface area contributed by atoms with Gasteiger partial charge in [-0.2, -0.15) is 0 Å². The molecule has 1 aliphatic carbocycles. The van der Waals surface area contributed by atoms with Crippen molar-refractivity contribution in [2.24, 2.45) is 0 Å². The van der Waals surface area contributed by atoms with Gasteiger partial charge in [0.05, 0.1) is 20.3 Å². The Morgan fingerprint density at radius 3 is 2.67 bits per heavy atom. The van der Waals surface area contributed by atoms with Gasteiger partial charge in [0.25, 0.3) is 0 Å². The van der Waals surface area contributed by atoms with E-state index >= 15 is 0 Å². The van der Waals surface area contributed by atoms with Gasteiger partial charge in [-0.3, -0.25) is 4.79 Å². The molecule has 30 heavy (non-hydrogen) atoms. The van der Waals surface area contributed by atoms with E-state index in [2.05, 4.69) is 11.9 Å². The highest BCUT2D eigenvalue weighted by atomic mass is 16.5. The van der Waals surface area contributed by atoms with E-state index in [0.717, 1.165) is 30.5 Å². The molecule has 1 heterocycles. The number of unbranched alkanes of at least 4 members (excludes halogenated alkanes) is 2. The van der Waals surface area contributed by atoms with Crippen LogP contribution in [0.15, 0.2) is 18.2 Å². The van der Waals surface area contributed by atoms with Crippen molar-refractivity contribution in [3.8, 4) is 11.5 Å². The number of ketones is 1. The van der Waals surface area contributed by atoms with E-state index in [0.29, 0.717) is 54.4 Å². The molecule has 1 aromatic heterocycles. The fraction of sp³-hybridized carbons (Fsp3) is 0.500. The van der Waals surface area contributed by atoms with E-state index in [4.69, 9.17) is 14.2 Å². The molecule has 0 aliphatic heterocycles. The highest BCUT2D eigenvalue weighted by Gasteiger charge is 2.32.